The minimum Gasteiger partial charge on any atom is -0.494 e. The second kappa shape index (κ2) is 10.6. The number of esters is 1. The Morgan fingerprint density at radius 2 is 1.32 bits per heavy atom. The Morgan fingerprint density at radius 1 is 0.750 bits per heavy atom. The highest BCUT2D eigenvalue weighted by Crippen LogP contribution is 2.13. The van der Waals surface area contributed by atoms with Crippen LogP contribution in [0, 0.1) is 0 Å². The van der Waals surface area contributed by atoms with E-state index in [0.29, 0.717) is 35.8 Å². The van der Waals surface area contributed by atoms with E-state index in [1.165, 1.54) is 0 Å². The lowest BCUT2D eigenvalue weighted by molar-refractivity contribution is -0.123. The van der Waals surface area contributed by atoms with Crippen LogP contribution in [0.3, 0.4) is 0 Å². The second-order valence-corrected chi connectivity index (χ2v) is 5.49. The Morgan fingerprint density at radius 3 is 1.89 bits per heavy atom. The van der Waals surface area contributed by atoms with E-state index in [1.54, 1.807) is 55.5 Å². The van der Waals surface area contributed by atoms with Crippen LogP contribution in [0.5, 0.6) is 11.5 Å². The van der Waals surface area contributed by atoms with Crippen LogP contribution in [0.1, 0.15) is 34.6 Å². The third-order valence-corrected chi connectivity index (χ3v) is 3.48. The standard InChI is InChI=1S/C20H22N2O6/c1-3-26-16-9-5-14(6-10-16)19(24)22-21-18(23)13-28-17-11-7-15(8-12-17)20(25)27-4-2/h5-12H,3-4,13H2,1-2H3,(H,21,23)(H,22,24). The van der Waals surface area contributed by atoms with Crippen molar-refractivity contribution in [2.75, 3.05) is 19.8 Å². The lowest BCUT2D eigenvalue weighted by Gasteiger charge is -2.10. The van der Waals surface area contributed by atoms with Gasteiger partial charge in [0.1, 0.15) is 11.5 Å². The summed E-state index contributed by atoms with van der Waals surface area (Å²) in [4.78, 5) is 35.4. The van der Waals surface area contributed by atoms with E-state index in [2.05, 4.69) is 10.9 Å². The number of ether oxygens (including phenoxy) is 3. The van der Waals surface area contributed by atoms with Gasteiger partial charge in [0.25, 0.3) is 11.8 Å². The minimum absolute atomic E-state index is 0.291. The molecule has 0 aliphatic rings. The molecule has 0 unspecified atom stereocenters. The van der Waals surface area contributed by atoms with Crippen molar-refractivity contribution in [2.24, 2.45) is 0 Å². The van der Waals surface area contributed by atoms with Gasteiger partial charge in [-0.2, -0.15) is 0 Å². The fraction of sp³-hybridized carbons (Fsp3) is 0.250. The number of nitrogens with one attached hydrogen (secondary N) is 2. The van der Waals surface area contributed by atoms with Gasteiger partial charge >= 0.3 is 5.97 Å². The smallest absolute Gasteiger partial charge is 0.338 e. The van der Waals surface area contributed by atoms with Crippen LogP contribution in [0.4, 0.5) is 0 Å². The summed E-state index contributed by atoms with van der Waals surface area (Å²) in [7, 11) is 0. The zero-order valence-electron chi connectivity index (χ0n) is 15.7. The molecule has 28 heavy (non-hydrogen) atoms. The van der Waals surface area contributed by atoms with Crippen molar-refractivity contribution >= 4 is 17.8 Å². The van der Waals surface area contributed by atoms with Gasteiger partial charge < -0.3 is 14.2 Å². The molecule has 0 aliphatic carbocycles. The van der Waals surface area contributed by atoms with Gasteiger partial charge in [0.05, 0.1) is 18.8 Å². The third-order valence-electron chi connectivity index (χ3n) is 3.48. The van der Waals surface area contributed by atoms with Crippen molar-refractivity contribution in [3.05, 3.63) is 59.7 Å². The Balaban J connectivity index is 1.76. The number of amides is 2. The number of hydrogen-bond donors (Lipinski definition) is 2. The van der Waals surface area contributed by atoms with Gasteiger partial charge in [-0.15, -0.1) is 0 Å². The van der Waals surface area contributed by atoms with Gasteiger partial charge in [-0.1, -0.05) is 0 Å². The molecule has 0 saturated carbocycles. The minimum atomic E-state index is -0.534. The van der Waals surface area contributed by atoms with E-state index in [4.69, 9.17) is 14.2 Å². The van der Waals surface area contributed by atoms with E-state index in [9.17, 15) is 14.4 Å². The molecule has 2 N–H and O–H groups in total. The van der Waals surface area contributed by atoms with Crippen LogP contribution < -0.4 is 20.3 Å². The number of benzene rings is 2. The SMILES string of the molecule is CCOC(=O)c1ccc(OCC(=O)NNC(=O)c2ccc(OCC)cc2)cc1. The zero-order valence-corrected chi connectivity index (χ0v) is 15.7. The molecular weight excluding hydrogens is 364 g/mol. The number of rotatable bonds is 8. The lowest BCUT2D eigenvalue weighted by atomic mass is 10.2. The maximum Gasteiger partial charge on any atom is 0.338 e. The number of hydrogen-bond acceptors (Lipinski definition) is 6. The first-order valence-electron chi connectivity index (χ1n) is 8.75. The average Bonchev–Trinajstić information content (AvgIpc) is 2.72. The predicted molar refractivity (Wildman–Crippen MR) is 101 cm³/mol. The highest BCUT2D eigenvalue weighted by molar-refractivity contribution is 5.95. The van der Waals surface area contributed by atoms with Gasteiger partial charge in [0.15, 0.2) is 6.61 Å². The largest absolute Gasteiger partial charge is 0.494 e. The van der Waals surface area contributed by atoms with E-state index in [0.717, 1.165) is 0 Å². The molecule has 0 radical (unpaired) electrons. The fourth-order valence-electron chi connectivity index (χ4n) is 2.15. The van der Waals surface area contributed by atoms with Gasteiger partial charge in [0.2, 0.25) is 0 Å². The van der Waals surface area contributed by atoms with Crippen molar-refractivity contribution in [3.63, 3.8) is 0 Å². The molecule has 0 fully saturated rings. The summed E-state index contributed by atoms with van der Waals surface area (Å²) in [6, 6.07) is 12.7. The van der Waals surface area contributed by atoms with Crippen molar-refractivity contribution in [1.82, 2.24) is 10.9 Å². The summed E-state index contributed by atoms with van der Waals surface area (Å²) in [5.74, 6) is -0.362. The topological polar surface area (TPSA) is 103 Å². The summed E-state index contributed by atoms with van der Waals surface area (Å²) in [5.41, 5.74) is 5.34. The predicted octanol–water partition coefficient (Wildman–Crippen LogP) is 2.10. The first-order chi connectivity index (χ1) is 13.5. The van der Waals surface area contributed by atoms with Crippen LogP contribution in [0.15, 0.2) is 48.5 Å². The van der Waals surface area contributed by atoms with Crippen molar-refractivity contribution < 1.29 is 28.6 Å². The van der Waals surface area contributed by atoms with E-state index >= 15 is 0 Å². The number of hydrazine groups is 1. The molecule has 0 aromatic heterocycles. The van der Waals surface area contributed by atoms with Crippen LogP contribution in [-0.4, -0.2) is 37.6 Å². The van der Waals surface area contributed by atoms with Gasteiger partial charge in [-0.3, -0.25) is 20.4 Å². The third kappa shape index (κ3) is 6.31. The molecule has 0 bridgehead atoms. The van der Waals surface area contributed by atoms with E-state index in [1.807, 2.05) is 6.92 Å². The molecular formula is C20H22N2O6. The molecule has 0 saturated heterocycles. The number of carbonyl (C=O) groups is 3. The van der Waals surface area contributed by atoms with E-state index < -0.39 is 17.8 Å². The molecule has 0 heterocycles. The van der Waals surface area contributed by atoms with Crippen LogP contribution in [-0.2, 0) is 9.53 Å². The first kappa shape index (κ1) is 20.8. The maximum atomic E-state index is 12.0. The Hall–Kier alpha value is -3.55. The van der Waals surface area contributed by atoms with Crippen molar-refractivity contribution in [3.8, 4) is 11.5 Å². The summed E-state index contributed by atoms with van der Waals surface area (Å²) in [5, 5.41) is 0. The number of carbonyl (C=O) groups excluding carboxylic acids is 3. The second-order valence-electron chi connectivity index (χ2n) is 5.49. The van der Waals surface area contributed by atoms with E-state index in [-0.39, 0.29) is 6.61 Å². The maximum absolute atomic E-state index is 12.0. The first-order valence-corrected chi connectivity index (χ1v) is 8.75. The summed E-state index contributed by atoms with van der Waals surface area (Å²) in [6.07, 6.45) is 0. The molecule has 2 amide bonds. The molecule has 2 aromatic rings. The molecule has 2 rings (SSSR count). The molecule has 148 valence electrons. The monoisotopic (exact) mass is 386 g/mol. The lowest BCUT2D eigenvalue weighted by Crippen LogP contribution is -2.43. The Kier molecular flexibility index (Phi) is 7.83. The molecule has 0 aliphatic heterocycles. The Labute approximate surface area is 162 Å². The highest BCUT2D eigenvalue weighted by atomic mass is 16.5. The molecule has 0 spiro atoms. The molecule has 8 heteroatoms. The fourth-order valence-corrected chi connectivity index (χ4v) is 2.15. The van der Waals surface area contributed by atoms with Crippen LogP contribution >= 0.6 is 0 Å². The van der Waals surface area contributed by atoms with Crippen molar-refractivity contribution in [1.29, 1.82) is 0 Å². The summed E-state index contributed by atoms with van der Waals surface area (Å²) in [6.45, 7) is 4.12. The van der Waals surface area contributed by atoms with Gasteiger partial charge in [0, 0.05) is 5.56 Å². The Bertz CT molecular complexity index is 802. The molecule has 8 nitrogen and oxygen atoms in total. The quantitative estimate of drug-likeness (QED) is 0.532. The normalized spacial score (nSPS) is 9.93. The zero-order chi connectivity index (χ0) is 20.4. The van der Waals surface area contributed by atoms with Gasteiger partial charge in [-0.25, -0.2) is 4.79 Å². The molecule has 2 aromatic carbocycles. The van der Waals surface area contributed by atoms with Gasteiger partial charge in [-0.05, 0) is 62.4 Å². The average molecular weight is 386 g/mol. The van der Waals surface area contributed by atoms with Crippen molar-refractivity contribution in [2.45, 2.75) is 13.8 Å². The summed E-state index contributed by atoms with van der Waals surface area (Å²) < 4.78 is 15.5. The van der Waals surface area contributed by atoms with Crippen LogP contribution in [0.2, 0.25) is 0 Å². The summed E-state index contributed by atoms with van der Waals surface area (Å²) >= 11 is 0. The molecule has 0 atom stereocenters. The van der Waals surface area contributed by atoms with Crippen LogP contribution in [0.25, 0.3) is 0 Å². The highest BCUT2D eigenvalue weighted by Gasteiger charge is 2.09.